The molecule has 1 aliphatic carbocycles. The van der Waals surface area contributed by atoms with Gasteiger partial charge < -0.3 is 0 Å². The average molecular weight is 651 g/mol. The summed E-state index contributed by atoms with van der Waals surface area (Å²) in [4.78, 5) is 10.5. The summed E-state index contributed by atoms with van der Waals surface area (Å²) in [5.74, 6) is 0.726. The Morgan fingerprint density at radius 1 is 0.373 bits per heavy atom. The first kappa shape index (κ1) is 29.5. The first-order chi connectivity index (χ1) is 25.0. The molecule has 0 fully saturated rings. The minimum Gasteiger partial charge on any atom is -0.228 e. The lowest BCUT2D eigenvalue weighted by molar-refractivity contribution is 0.666. The van der Waals surface area contributed by atoms with Crippen molar-refractivity contribution >= 4 is 32.3 Å². The van der Waals surface area contributed by atoms with E-state index in [-0.39, 0.29) is 5.41 Å². The number of nitrogens with zero attached hydrogens (tertiary/aromatic N) is 2. The molecule has 0 aliphatic heterocycles. The van der Waals surface area contributed by atoms with Crippen LogP contribution in [-0.2, 0) is 5.41 Å². The van der Waals surface area contributed by atoms with Crippen LogP contribution in [0.1, 0.15) is 25.0 Å². The van der Waals surface area contributed by atoms with Crippen LogP contribution in [0.3, 0.4) is 0 Å². The van der Waals surface area contributed by atoms with E-state index in [0.717, 1.165) is 39.3 Å². The summed E-state index contributed by atoms with van der Waals surface area (Å²) in [6.45, 7) is 4.75. The molecular formula is C49H34N2. The summed E-state index contributed by atoms with van der Waals surface area (Å²) in [5.41, 5.74) is 12.8. The number of benzene rings is 8. The number of rotatable bonds is 4. The number of hydrogen-bond acceptors (Lipinski definition) is 2. The molecule has 0 atom stereocenters. The van der Waals surface area contributed by atoms with E-state index in [2.05, 4.69) is 178 Å². The fraction of sp³-hybridized carbons (Fsp3) is 0.0612. The van der Waals surface area contributed by atoms with Crippen molar-refractivity contribution in [1.29, 1.82) is 0 Å². The van der Waals surface area contributed by atoms with Crippen LogP contribution in [0.4, 0.5) is 0 Å². The maximum Gasteiger partial charge on any atom is 0.161 e. The lowest BCUT2D eigenvalue weighted by Gasteiger charge is -2.24. The third-order valence-electron chi connectivity index (χ3n) is 10.9. The minimum absolute atomic E-state index is 0.121. The lowest BCUT2D eigenvalue weighted by Crippen LogP contribution is -2.15. The van der Waals surface area contributed by atoms with Gasteiger partial charge in [0.1, 0.15) is 0 Å². The molecule has 1 aliphatic rings. The Morgan fingerprint density at radius 3 is 1.76 bits per heavy atom. The van der Waals surface area contributed by atoms with Crippen molar-refractivity contribution in [1.82, 2.24) is 9.97 Å². The van der Waals surface area contributed by atoms with Crippen molar-refractivity contribution in [3.8, 4) is 56.2 Å². The van der Waals surface area contributed by atoms with Crippen LogP contribution in [0.2, 0.25) is 0 Å². The predicted octanol–water partition coefficient (Wildman–Crippen LogP) is 12.9. The Balaban J connectivity index is 1.15. The van der Waals surface area contributed by atoms with Gasteiger partial charge in [0.15, 0.2) is 5.82 Å². The van der Waals surface area contributed by atoms with Gasteiger partial charge in [-0.05, 0) is 77.8 Å². The van der Waals surface area contributed by atoms with Crippen LogP contribution >= 0.6 is 0 Å². The molecule has 8 aromatic carbocycles. The molecule has 1 aromatic heterocycles. The van der Waals surface area contributed by atoms with Gasteiger partial charge in [0.25, 0.3) is 0 Å². The summed E-state index contributed by atoms with van der Waals surface area (Å²) in [7, 11) is 0. The zero-order valence-electron chi connectivity index (χ0n) is 28.6. The molecule has 2 heteroatoms. The van der Waals surface area contributed by atoms with Crippen LogP contribution in [0.5, 0.6) is 0 Å². The van der Waals surface area contributed by atoms with Gasteiger partial charge >= 0.3 is 0 Å². The zero-order valence-corrected chi connectivity index (χ0v) is 28.6. The molecule has 0 bridgehead atoms. The van der Waals surface area contributed by atoms with Crippen LogP contribution in [-0.4, -0.2) is 9.97 Å². The van der Waals surface area contributed by atoms with E-state index in [0.29, 0.717) is 0 Å². The molecule has 1 heterocycles. The molecular weight excluding hydrogens is 617 g/mol. The van der Waals surface area contributed by atoms with Gasteiger partial charge in [0.2, 0.25) is 0 Å². The molecule has 0 saturated carbocycles. The predicted molar refractivity (Wildman–Crippen MR) is 214 cm³/mol. The Labute approximate surface area is 297 Å². The van der Waals surface area contributed by atoms with Crippen LogP contribution < -0.4 is 0 Å². The highest BCUT2D eigenvalue weighted by molar-refractivity contribution is 6.06. The van der Waals surface area contributed by atoms with Gasteiger partial charge in [-0.2, -0.15) is 0 Å². The Kier molecular flexibility index (Phi) is 6.56. The van der Waals surface area contributed by atoms with Crippen LogP contribution in [0.25, 0.3) is 88.5 Å². The van der Waals surface area contributed by atoms with Crippen molar-refractivity contribution < 1.29 is 0 Å². The van der Waals surface area contributed by atoms with Crippen molar-refractivity contribution in [2.45, 2.75) is 19.3 Å². The zero-order chi connectivity index (χ0) is 34.1. The Morgan fingerprint density at radius 2 is 0.961 bits per heavy atom. The van der Waals surface area contributed by atoms with Crippen molar-refractivity contribution in [3.05, 3.63) is 181 Å². The SMILES string of the molecule is CC1(C)c2cc(-c3ccc(-c4cc(-c5ccccc5)nc(-c5cccc6ccccc56)n4)c4ccccc34)ccc2-c2ccc3ccccc3c21. The third kappa shape index (κ3) is 4.64. The van der Waals surface area contributed by atoms with Crippen molar-refractivity contribution in [3.63, 3.8) is 0 Å². The molecule has 0 radical (unpaired) electrons. The summed E-state index contributed by atoms with van der Waals surface area (Å²) in [6.07, 6.45) is 0. The summed E-state index contributed by atoms with van der Waals surface area (Å²) >= 11 is 0. The molecule has 0 saturated heterocycles. The van der Waals surface area contributed by atoms with E-state index in [9.17, 15) is 0 Å². The summed E-state index contributed by atoms with van der Waals surface area (Å²) in [6, 6.07) is 61.1. The third-order valence-corrected chi connectivity index (χ3v) is 10.9. The fourth-order valence-electron chi connectivity index (χ4n) is 8.42. The van der Waals surface area contributed by atoms with Gasteiger partial charge in [-0.3, -0.25) is 0 Å². The van der Waals surface area contributed by atoms with E-state index in [1.807, 2.05) is 6.07 Å². The highest BCUT2D eigenvalue weighted by atomic mass is 14.9. The highest BCUT2D eigenvalue weighted by Gasteiger charge is 2.37. The molecule has 0 amide bonds. The minimum atomic E-state index is -0.121. The normalized spacial score (nSPS) is 13.1. The number of hydrogen-bond donors (Lipinski definition) is 0. The quantitative estimate of drug-likeness (QED) is 0.189. The van der Waals surface area contributed by atoms with Gasteiger partial charge in [0, 0.05) is 22.1 Å². The maximum atomic E-state index is 5.31. The largest absolute Gasteiger partial charge is 0.228 e. The molecule has 0 N–H and O–H groups in total. The lowest BCUT2D eigenvalue weighted by atomic mass is 9.79. The Hall–Kier alpha value is -6.38. The molecule has 2 nitrogen and oxygen atoms in total. The second-order valence-corrected chi connectivity index (χ2v) is 14.2. The molecule has 51 heavy (non-hydrogen) atoms. The number of aromatic nitrogens is 2. The van der Waals surface area contributed by atoms with Gasteiger partial charge in [0.05, 0.1) is 11.4 Å². The second-order valence-electron chi connectivity index (χ2n) is 14.2. The molecule has 0 unspecified atom stereocenters. The fourth-order valence-corrected chi connectivity index (χ4v) is 8.42. The smallest absolute Gasteiger partial charge is 0.161 e. The van der Waals surface area contributed by atoms with E-state index in [1.165, 1.54) is 60.3 Å². The van der Waals surface area contributed by atoms with Crippen LogP contribution in [0, 0.1) is 0 Å². The maximum absolute atomic E-state index is 5.31. The summed E-state index contributed by atoms with van der Waals surface area (Å²) < 4.78 is 0. The van der Waals surface area contributed by atoms with Gasteiger partial charge in [-0.15, -0.1) is 0 Å². The highest BCUT2D eigenvalue weighted by Crippen LogP contribution is 2.52. The van der Waals surface area contributed by atoms with Crippen molar-refractivity contribution in [2.24, 2.45) is 0 Å². The van der Waals surface area contributed by atoms with E-state index < -0.39 is 0 Å². The second kappa shape index (κ2) is 11.3. The van der Waals surface area contributed by atoms with Gasteiger partial charge in [-0.25, -0.2) is 9.97 Å². The molecule has 0 spiro atoms. The van der Waals surface area contributed by atoms with E-state index in [4.69, 9.17) is 9.97 Å². The monoisotopic (exact) mass is 650 g/mol. The first-order valence-corrected chi connectivity index (χ1v) is 17.7. The number of fused-ring (bicyclic) bond motifs is 7. The summed E-state index contributed by atoms with van der Waals surface area (Å²) in [5, 5.41) is 7.34. The van der Waals surface area contributed by atoms with Crippen LogP contribution in [0.15, 0.2) is 170 Å². The molecule has 10 rings (SSSR count). The van der Waals surface area contributed by atoms with E-state index in [1.54, 1.807) is 0 Å². The van der Waals surface area contributed by atoms with E-state index >= 15 is 0 Å². The average Bonchev–Trinajstić information content (AvgIpc) is 3.43. The molecule has 240 valence electrons. The van der Waals surface area contributed by atoms with Gasteiger partial charge in [-0.1, -0.05) is 172 Å². The molecule has 9 aromatic rings. The topological polar surface area (TPSA) is 25.8 Å². The van der Waals surface area contributed by atoms with Crippen molar-refractivity contribution in [2.75, 3.05) is 0 Å². The standard InChI is InChI=1S/C49H34N2/c1-49(2)44-29-34(24-25-40(44)42-26-23-32-14-7-9-19-37(32)47(42)49)36-27-28-41(39-21-11-10-20-38(36)39)46-30-45(33-15-4-3-5-16-33)50-48(51-46)43-22-12-17-31-13-6-8-18-35(31)43/h3-30H,1-2H3. The first-order valence-electron chi connectivity index (χ1n) is 17.7. The Bertz CT molecular complexity index is 2820.